The van der Waals surface area contributed by atoms with Crippen LogP contribution in [-0.4, -0.2) is 42.1 Å². The van der Waals surface area contributed by atoms with Gasteiger partial charge in [-0.3, -0.25) is 9.48 Å². The molecule has 0 amide bonds. The summed E-state index contributed by atoms with van der Waals surface area (Å²) in [5.74, 6) is -0.451. The van der Waals surface area contributed by atoms with Crippen LogP contribution in [0, 0.1) is 13.8 Å². The summed E-state index contributed by atoms with van der Waals surface area (Å²) in [6, 6.07) is 9.27. The molecule has 0 bridgehead atoms. The van der Waals surface area contributed by atoms with Gasteiger partial charge in [-0.2, -0.15) is 9.40 Å². The molecule has 8 heteroatoms. The van der Waals surface area contributed by atoms with Crippen molar-refractivity contribution in [3.05, 3.63) is 47.3 Å². The van der Waals surface area contributed by atoms with Gasteiger partial charge in [-0.1, -0.05) is 30.3 Å². The van der Waals surface area contributed by atoms with Crippen LogP contribution >= 0.6 is 0 Å². The van der Waals surface area contributed by atoms with Gasteiger partial charge in [0.25, 0.3) is 0 Å². The maximum Gasteiger partial charge on any atom is 0.306 e. The number of aryl methyl sites for hydroxylation is 2. The Bertz CT molecular complexity index is 844. The first-order valence-corrected chi connectivity index (χ1v) is 9.32. The zero-order valence-electron chi connectivity index (χ0n) is 14.9. The van der Waals surface area contributed by atoms with Gasteiger partial charge in [0.2, 0.25) is 10.0 Å². The molecule has 1 heterocycles. The van der Waals surface area contributed by atoms with E-state index in [1.807, 2.05) is 30.3 Å². The Balaban J connectivity index is 2.40. The quantitative estimate of drug-likeness (QED) is 0.699. The van der Waals surface area contributed by atoms with Crippen LogP contribution < -0.4 is 0 Å². The molecular formula is C17H23N3O4S. The summed E-state index contributed by atoms with van der Waals surface area (Å²) in [6.07, 6.45) is -0.0130. The predicted molar refractivity (Wildman–Crippen MR) is 93.4 cm³/mol. The van der Waals surface area contributed by atoms with E-state index >= 15 is 0 Å². The van der Waals surface area contributed by atoms with E-state index in [-0.39, 0.29) is 24.4 Å². The van der Waals surface area contributed by atoms with E-state index in [4.69, 9.17) is 0 Å². The van der Waals surface area contributed by atoms with Gasteiger partial charge in [0.05, 0.1) is 24.9 Å². The Kier molecular flexibility index (Phi) is 5.97. The molecule has 0 aliphatic heterocycles. The van der Waals surface area contributed by atoms with Crippen molar-refractivity contribution in [1.82, 2.24) is 14.1 Å². The number of carbonyl (C=O) groups excluding carboxylic acids is 1. The predicted octanol–water partition coefficient (Wildman–Crippen LogP) is 1.79. The number of carbonyl (C=O) groups is 1. The Morgan fingerprint density at radius 3 is 2.40 bits per heavy atom. The van der Waals surface area contributed by atoms with Crippen LogP contribution in [0.3, 0.4) is 0 Å². The third-order valence-corrected chi connectivity index (χ3v) is 6.13. The Morgan fingerprint density at radius 2 is 1.88 bits per heavy atom. The normalized spacial score (nSPS) is 11.7. The minimum atomic E-state index is -3.80. The van der Waals surface area contributed by atoms with Crippen molar-refractivity contribution in [2.45, 2.75) is 31.7 Å². The largest absolute Gasteiger partial charge is 0.469 e. The van der Waals surface area contributed by atoms with Gasteiger partial charge in [0, 0.05) is 20.1 Å². The molecule has 0 saturated carbocycles. The van der Waals surface area contributed by atoms with E-state index in [9.17, 15) is 13.2 Å². The van der Waals surface area contributed by atoms with Gasteiger partial charge in [-0.15, -0.1) is 0 Å². The van der Waals surface area contributed by atoms with Crippen molar-refractivity contribution in [1.29, 1.82) is 0 Å². The lowest BCUT2D eigenvalue weighted by molar-refractivity contribution is -0.140. The molecule has 0 aliphatic rings. The number of benzene rings is 1. The van der Waals surface area contributed by atoms with Crippen molar-refractivity contribution in [2.75, 3.05) is 13.7 Å². The summed E-state index contributed by atoms with van der Waals surface area (Å²) in [6.45, 7) is 3.60. The second-order valence-corrected chi connectivity index (χ2v) is 7.65. The number of hydrogen-bond donors (Lipinski definition) is 0. The molecule has 1 aromatic heterocycles. The highest BCUT2D eigenvalue weighted by Gasteiger charge is 2.31. The van der Waals surface area contributed by atoms with Crippen molar-refractivity contribution < 1.29 is 17.9 Å². The molecule has 25 heavy (non-hydrogen) atoms. The summed E-state index contributed by atoms with van der Waals surface area (Å²) in [5.41, 5.74) is 1.85. The number of nitrogens with zero attached hydrogens (tertiary/aromatic N) is 3. The number of methoxy groups -OCH3 is 1. The zero-order valence-corrected chi connectivity index (χ0v) is 15.7. The number of ether oxygens (including phenoxy) is 1. The fraction of sp³-hybridized carbons (Fsp3) is 0.412. The lowest BCUT2D eigenvalue weighted by Crippen LogP contribution is -2.33. The van der Waals surface area contributed by atoms with Crippen LogP contribution in [0.25, 0.3) is 0 Å². The highest BCUT2D eigenvalue weighted by Crippen LogP contribution is 2.24. The van der Waals surface area contributed by atoms with Gasteiger partial charge in [0.1, 0.15) is 4.90 Å². The fourth-order valence-corrected chi connectivity index (χ4v) is 4.47. The van der Waals surface area contributed by atoms with E-state index < -0.39 is 16.0 Å². The molecule has 136 valence electrons. The van der Waals surface area contributed by atoms with Crippen molar-refractivity contribution in [3.63, 3.8) is 0 Å². The monoisotopic (exact) mass is 365 g/mol. The van der Waals surface area contributed by atoms with E-state index in [1.54, 1.807) is 25.6 Å². The molecule has 0 N–H and O–H groups in total. The molecule has 0 saturated heterocycles. The van der Waals surface area contributed by atoms with Crippen LogP contribution in [0.4, 0.5) is 0 Å². The number of hydrogen-bond acceptors (Lipinski definition) is 5. The van der Waals surface area contributed by atoms with Crippen LogP contribution in [0.5, 0.6) is 0 Å². The topological polar surface area (TPSA) is 81.5 Å². The van der Waals surface area contributed by atoms with Crippen molar-refractivity contribution in [3.8, 4) is 0 Å². The smallest absolute Gasteiger partial charge is 0.306 e. The van der Waals surface area contributed by atoms with Gasteiger partial charge in [-0.25, -0.2) is 8.42 Å². The summed E-state index contributed by atoms with van der Waals surface area (Å²) in [4.78, 5) is 11.7. The Hall–Kier alpha value is -2.19. The second-order valence-electron chi connectivity index (χ2n) is 5.77. The first-order chi connectivity index (χ1) is 11.8. The highest BCUT2D eigenvalue weighted by atomic mass is 32.2. The van der Waals surface area contributed by atoms with Crippen LogP contribution in [0.1, 0.15) is 23.4 Å². The minimum Gasteiger partial charge on any atom is -0.469 e. The third-order valence-electron chi connectivity index (χ3n) is 4.04. The fourth-order valence-electron chi connectivity index (χ4n) is 2.65. The average Bonchev–Trinajstić information content (AvgIpc) is 2.84. The lowest BCUT2D eigenvalue weighted by atomic mass is 10.2. The summed E-state index contributed by atoms with van der Waals surface area (Å²) < 4.78 is 33.9. The lowest BCUT2D eigenvalue weighted by Gasteiger charge is -2.22. The van der Waals surface area contributed by atoms with E-state index in [2.05, 4.69) is 9.84 Å². The van der Waals surface area contributed by atoms with Crippen LogP contribution in [0.2, 0.25) is 0 Å². The SMILES string of the molecule is COC(=O)CCN(Cc1ccccc1)S(=O)(=O)c1c(C)nn(C)c1C. The van der Waals surface area contributed by atoms with E-state index in [0.29, 0.717) is 11.4 Å². The molecule has 2 aromatic rings. The Labute approximate surface area is 148 Å². The number of rotatable bonds is 7. The molecule has 1 aromatic carbocycles. The first-order valence-electron chi connectivity index (χ1n) is 7.88. The van der Waals surface area contributed by atoms with Gasteiger partial charge >= 0.3 is 5.97 Å². The average molecular weight is 365 g/mol. The molecule has 0 spiro atoms. The maximum atomic E-state index is 13.2. The summed E-state index contributed by atoms with van der Waals surface area (Å²) >= 11 is 0. The Morgan fingerprint density at radius 1 is 1.24 bits per heavy atom. The van der Waals surface area contributed by atoms with Crippen LogP contribution in [0.15, 0.2) is 35.2 Å². The zero-order chi connectivity index (χ0) is 18.6. The van der Waals surface area contributed by atoms with E-state index in [1.165, 1.54) is 11.4 Å². The number of aromatic nitrogens is 2. The van der Waals surface area contributed by atoms with Gasteiger partial charge < -0.3 is 4.74 Å². The molecule has 0 fully saturated rings. The molecule has 0 atom stereocenters. The molecule has 0 aliphatic carbocycles. The van der Waals surface area contributed by atoms with Crippen molar-refractivity contribution in [2.24, 2.45) is 7.05 Å². The summed E-state index contributed by atoms with van der Waals surface area (Å²) in [5, 5.41) is 4.20. The standard InChI is InChI=1S/C17H23N3O4S/c1-13-17(14(2)19(3)18-13)25(22,23)20(11-10-16(21)24-4)12-15-8-6-5-7-9-15/h5-9H,10-12H2,1-4H3. The van der Waals surface area contributed by atoms with Crippen LogP contribution in [-0.2, 0) is 33.1 Å². The minimum absolute atomic E-state index is 0.0130. The molecule has 2 rings (SSSR count). The van der Waals surface area contributed by atoms with Gasteiger partial charge in [0.15, 0.2) is 0 Å². The first kappa shape index (κ1) is 19.1. The van der Waals surface area contributed by atoms with E-state index in [0.717, 1.165) is 5.56 Å². The summed E-state index contributed by atoms with van der Waals surface area (Å²) in [7, 11) is -0.810. The molecule has 7 nitrogen and oxygen atoms in total. The molecular weight excluding hydrogens is 342 g/mol. The van der Waals surface area contributed by atoms with Gasteiger partial charge in [-0.05, 0) is 19.4 Å². The van der Waals surface area contributed by atoms with Crippen molar-refractivity contribution >= 4 is 16.0 Å². The molecule has 0 radical (unpaired) electrons. The maximum absolute atomic E-state index is 13.2. The number of esters is 1. The number of sulfonamides is 1. The second kappa shape index (κ2) is 7.79. The molecule has 0 unspecified atom stereocenters. The third kappa shape index (κ3) is 4.26. The highest BCUT2D eigenvalue weighted by molar-refractivity contribution is 7.89.